The molecule has 0 saturated heterocycles. The van der Waals surface area contributed by atoms with Crippen LogP contribution in [0, 0.1) is 0 Å². The van der Waals surface area contributed by atoms with Crippen molar-refractivity contribution < 1.29 is 14.3 Å². The average molecular weight is 278 g/mol. The van der Waals surface area contributed by atoms with Crippen LogP contribution in [0.4, 0.5) is 5.69 Å². The first-order valence-corrected chi connectivity index (χ1v) is 6.24. The Kier molecular flexibility index (Phi) is 4.78. The molecule has 0 saturated carbocycles. The van der Waals surface area contributed by atoms with Gasteiger partial charge in [-0.2, -0.15) is 5.10 Å². The Morgan fingerprint density at radius 3 is 3.05 bits per heavy atom. The quantitative estimate of drug-likeness (QED) is 0.745. The summed E-state index contributed by atoms with van der Waals surface area (Å²) in [4.78, 5) is 14.3. The molecule has 2 aromatic rings. The van der Waals surface area contributed by atoms with Crippen LogP contribution in [0.5, 0.6) is 0 Å². The number of anilines is 1. The highest BCUT2D eigenvalue weighted by Gasteiger charge is 2.07. The monoisotopic (exact) mass is 278 g/mol. The van der Waals surface area contributed by atoms with Gasteiger partial charge in [0.1, 0.15) is 5.69 Å². The second-order valence-electron chi connectivity index (χ2n) is 4.23. The second-order valence-corrected chi connectivity index (χ2v) is 4.23. The Bertz CT molecular complexity index is 561. The molecule has 0 aliphatic rings. The molecule has 7 nitrogen and oxygen atoms in total. The van der Waals surface area contributed by atoms with Gasteiger partial charge in [-0.05, 0) is 12.1 Å². The van der Waals surface area contributed by atoms with Crippen molar-refractivity contribution >= 4 is 11.7 Å². The first-order valence-electron chi connectivity index (χ1n) is 6.24. The number of nitrogens with one attached hydrogen (secondary N) is 2. The summed E-state index contributed by atoms with van der Waals surface area (Å²) >= 11 is 0. The van der Waals surface area contributed by atoms with E-state index >= 15 is 0 Å². The van der Waals surface area contributed by atoms with Crippen molar-refractivity contribution in [2.75, 3.05) is 26.1 Å². The number of hydrogen-bond donors (Lipinski definition) is 2. The van der Waals surface area contributed by atoms with E-state index in [1.807, 2.05) is 12.3 Å². The molecule has 0 aliphatic carbocycles. The number of carbonyl (C=O) groups is 1. The number of nitrogens with zero attached hydrogens (tertiary/aromatic N) is 2. The molecule has 0 aliphatic heterocycles. The molecule has 2 N–H and O–H groups in total. The van der Waals surface area contributed by atoms with E-state index in [1.165, 1.54) is 7.11 Å². The third kappa shape index (κ3) is 3.61. The van der Waals surface area contributed by atoms with Crippen molar-refractivity contribution in [3.63, 3.8) is 0 Å². The van der Waals surface area contributed by atoms with Crippen LogP contribution in [-0.2, 0) is 22.6 Å². The smallest absolute Gasteiger partial charge is 0.354 e. The molecule has 7 heteroatoms. The third-order valence-electron chi connectivity index (χ3n) is 2.79. The molecule has 0 amide bonds. The zero-order chi connectivity index (χ0) is 14.4. The maximum absolute atomic E-state index is 11.3. The Morgan fingerprint density at radius 2 is 2.30 bits per heavy atom. The first-order chi connectivity index (χ1) is 9.72. The molecule has 0 bridgehead atoms. The average Bonchev–Trinajstić information content (AvgIpc) is 3.11. The number of ether oxygens (including phenoxy) is 2. The minimum absolute atomic E-state index is 0.372. The van der Waals surface area contributed by atoms with Crippen LogP contribution in [-0.4, -0.2) is 41.6 Å². The molecule has 108 valence electrons. The van der Waals surface area contributed by atoms with Crippen molar-refractivity contribution in [1.29, 1.82) is 0 Å². The van der Waals surface area contributed by atoms with Gasteiger partial charge in [0.05, 0.1) is 38.7 Å². The lowest BCUT2D eigenvalue weighted by Gasteiger charge is -2.01. The van der Waals surface area contributed by atoms with E-state index in [9.17, 15) is 4.79 Å². The molecule has 2 aromatic heterocycles. The van der Waals surface area contributed by atoms with Gasteiger partial charge in [0.15, 0.2) is 0 Å². The predicted molar refractivity (Wildman–Crippen MR) is 73.6 cm³/mol. The van der Waals surface area contributed by atoms with Gasteiger partial charge in [-0.25, -0.2) is 4.79 Å². The zero-order valence-corrected chi connectivity index (χ0v) is 11.5. The van der Waals surface area contributed by atoms with Crippen LogP contribution < -0.4 is 5.32 Å². The standard InChI is InChI=1S/C13H18N4O3/c1-19-6-5-17-9-11(8-15-17)14-7-10-3-4-12(16-10)13(18)20-2/h3-4,8-9,14,16H,5-7H2,1-2H3. The molecular formula is C13H18N4O3. The van der Waals surface area contributed by atoms with E-state index in [0.29, 0.717) is 25.4 Å². The van der Waals surface area contributed by atoms with E-state index < -0.39 is 0 Å². The lowest BCUT2D eigenvalue weighted by Crippen LogP contribution is -2.04. The summed E-state index contributed by atoms with van der Waals surface area (Å²) in [6.45, 7) is 1.92. The molecule has 2 heterocycles. The number of aromatic nitrogens is 3. The highest BCUT2D eigenvalue weighted by Crippen LogP contribution is 2.09. The van der Waals surface area contributed by atoms with Crippen LogP contribution >= 0.6 is 0 Å². The Labute approximate surface area is 116 Å². The minimum atomic E-state index is -0.372. The molecule has 0 radical (unpaired) electrons. The number of hydrogen-bond acceptors (Lipinski definition) is 5. The Hall–Kier alpha value is -2.28. The fourth-order valence-electron chi connectivity index (χ4n) is 1.73. The fraction of sp³-hybridized carbons (Fsp3) is 0.385. The Morgan fingerprint density at radius 1 is 1.45 bits per heavy atom. The summed E-state index contributed by atoms with van der Waals surface area (Å²) in [6.07, 6.45) is 3.66. The van der Waals surface area contributed by atoms with Crippen LogP contribution in [0.3, 0.4) is 0 Å². The summed E-state index contributed by atoms with van der Waals surface area (Å²) in [5, 5.41) is 7.42. The van der Waals surface area contributed by atoms with Gasteiger partial charge in [0.2, 0.25) is 0 Å². The maximum atomic E-state index is 11.3. The highest BCUT2D eigenvalue weighted by molar-refractivity contribution is 5.87. The summed E-state index contributed by atoms with van der Waals surface area (Å²) in [6, 6.07) is 3.54. The van der Waals surface area contributed by atoms with E-state index in [0.717, 1.165) is 11.4 Å². The normalized spacial score (nSPS) is 10.5. The van der Waals surface area contributed by atoms with E-state index in [1.54, 1.807) is 24.1 Å². The van der Waals surface area contributed by atoms with Gasteiger partial charge in [-0.15, -0.1) is 0 Å². The van der Waals surface area contributed by atoms with Crippen LogP contribution in [0.2, 0.25) is 0 Å². The summed E-state index contributed by atoms with van der Waals surface area (Å²) in [5.41, 5.74) is 2.26. The fourth-order valence-corrected chi connectivity index (χ4v) is 1.73. The van der Waals surface area contributed by atoms with Crippen LogP contribution in [0.1, 0.15) is 16.2 Å². The number of aromatic amines is 1. The predicted octanol–water partition coefficient (Wildman–Crippen LogP) is 1.26. The lowest BCUT2D eigenvalue weighted by atomic mass is 10.4. The summed E-state index contributed by atoms with van der Waals surface area (Å²) in [7, 11) is 3.02. The van der Waals surface area contributed by atoms with Gasteiger partial charge in [0, 0.05) is 19.0 Å². The number of esters is 1. The highest BCUT2D eigenvalue weighted by atomic mass is 16.5. The van der Waals surface area contributed by atoms with Crippen molar-refractivity contribution in [1.82, 2.24) is 14.8 Å². The summed E-state index contributed by atoms with van der Waals surface area (Å²) in [5.74, 6) is -0.372. The molecule has 2 rings (SSSR count). The Balaban J connectivity index is 1.87. The molecular weight excluding hydrogens is 260 g/mol. The molecule has 0 aromatic carbocycles. The first kappa shape index (κ1) is 14.1. The molecule has 20 heavy (non-hydrogen) atoms. The van der Waals surface area contributed by atoms with E-state index in [4.69, 9.17) is 4.74 Å². The zero-order valence-electron chi connectivity index (χ0n) is 11.5. The SMILES string of the molecule is COCCn1cc(NCc2ccc(C(=O)OC)[nH]2)cn1. The van der Waals surface area contributed by atoms with Crippen LogP contribution in [0.25, 0.3) is 0 Å². The van der Waals surface area contributed by atoms with E-state index in [2.05, 4.69) is 20.1 Å². The van der Waals surface area contributed by atoms with Gasteiger partial charge in [0.25, 0.3) is 0 Å². The van der Waals surface area contributed by atoms with Crippen molar-refractivity contribution in [3.8, 4) is 0 Å². The summed E-state index contributed by atoms with van der Waals surface area (Å²) < 4.78 is 11.4. The van der Waals surface area contributed by atoms with Gasteiger partial charge in [-0.1, -0.05) is 0 Å². The third-order valence-corrected chi connectivity index (χ3v) is 2.79. The lowest BCUT2D eigenvalue weighted by molar-refractivity contribution is 0.0594. The number of methoxy groups -OCH3 is 2. The maximum Gasteiger partial charge on any atom is 0.354 e. The topological polar surface area (TPSA) is 81.2 Å². The number of H-pyrrole nitrogens is 1. The van der Waals surface area contributed by atoms with Gasteiger partial charge < -0.3 is 19.8 Å². The van der Waals surface area contributed by atoms with Crippen molar-refractivity contribution in [3.05, 3.63) is 35.9 Å². The second kappa shape index (κ2) is 6.76. The molecule has 0 atom stereocenters. The van der Waals surface area contributed by atoms with Crippen molar-refractivity contribution in [2.45, 2.75) is 13.1 Å². The van der Waals surface area contributed by atoms with Crippen LogP contribution in [0.15, 0.2) is 24.5 Å². The molecule has 0 spiro atoms. The van der Waals surface area contributed by atoms with Gasteiger partial charge >= 0.3 is 5.97 Å². The van der Waals surface area contributed by atoms with Crippen molar-refractivity contribution in [2.24, 2.45) is 0 Å². The molecule has 0 unspecified atom stereocenters. The molecule has 0 fully saturated rings. The van der Waals surface area contributed by atoms with Gasteiger partial charge in [-0.3, -0.25) is 4.68 Å². The minimum Gasteiger partial charge on any atom is -0.464 e. The largest absolute Gasteiger partial charge is 0.464 e. The van der Waals surface area contributed by atoms with E-state index in [-0.39, 0.29) is 5.97 Å². The number of carbonyl (C=O) groups excluding carboxylic acids is 1. The number of rotatable bonds is 7.